The van der Waals surface area contributed by atoms with E-state index in [1.165, 1.54) is 28.8 Å². The second-order valence-corrected chi connectivity index (χ2v) is 9.41. The van der Waals surface area contributed by atoms with Gasteiger partial charge < -0.3 is 19.5 Å². The van der Waals surface area contributed by atoms with E-state index in [2.05, 4.69) is 5.32 Å². The van der Waals surface area contributed by atoms with Crippen LogP contribution in [0.15, 0.2) is 47.4 Å². The van der Waals surface area contributed by atoms with Gasteiger partial charge in [0.05, 0.1) is 17.1 Å². The minimum Gasteiger partial charge on any atom is -0.490 e. The smallest absolute Gasteiger partial charge is 0.416 e. The molecule has 0 unspecified atom stereocenters. The molecule has 198 valence electrons. The zero-order chi connectivity index (χ0) is 27.0. The first-order valence-corrected chi connectivity index (χ1v) is 12.5. The molecule has 3 rings (SSSR count). The summed E-state index contributed by atoms with van der Waals surface area (Å²) >= 11 is 6.54. The lowest BCUT2D eigenvalue weighted by atomic mass is 10.2. The van der Waals surface area contributed by atoms with Crippen molar-refractivity contribution in [3.05, 3.63) is 58.5 Å². The van der Waals surface area contributed by atoms with Crippen LogP contribution in [0.5, 0.6) is 11.5 Å². The third-order valence-electron chi connectivity index (χ3n) is 5.00. The van der Waals surface area contributed by atoms with E-state index in [1.54, 1.807) is 38.3 Å². The van der Waals surface area contributed by atoms with Gasteiger partial charge in [0.15, 0.2) is 18.1 Å². The molecule has 2 amide bonds. The third kappa shape index (κ3) is 7.94. The van der Waals surface area contributed by atoms with E-state index in [0.29, 0.717) is 46.7 Å². The fraction of sp³-hybridized carbons (Fsp3) is 0.320. The van der Waals surface area contributed by atoms with Crippen LogP contribution in [0.4, 0.5) is 18.9 Å². The predicted molar refractivity (Wildman–Crippen MR) is 140 cm³/mol. The molecular formula is C25H25F3N2O5S2. The van der Waals surface area contributed by atoms with Crippen molar-refractivity contribution in [1.82, 2.24) is 4.90 Å². The minimum absolute atomic E-state index is 0.00309. The monoisotopic (exact) mass is 554 g/mol. The van der Waals surface area contributed by atoms with Gasteiger partial charge >= 0.3 is 6.18 Å². The van der Waals surface area contributed by atoms with Crippen LogP contribution in [0.1, 0.15) is 24.5 Å². The Hall–Kier alpha value is -3.09. The third-order valence-corrected chi connectivity index (χ3v) is 6.38. The maximum absolute atomic E-state index is 12.9. The van der Waals surface area contributed by atoms with Gasteiger partial charge in [-0.2, -0.15) is 13.2 Å². The molecule has 1 aliphatic rings. The standard InChI is InChI=1S/C25H25F3N2O5S2/c1-3-34-20-12-16(13-21-23(32)30(24(36)37-21)10-5-11-33-2)8-9-19(20)35-15-22(31)29-18-7-4-6-17(14-18)25(26,27)28/h4,6-9,12-14H,3,5,10-11,15H2,1-2H3,(H,29,31)/b21-13-. The molecule has 1 saturated heterocycles. The number of anilines is 1. The second kappa shape index (κ2) is 12.9. The van der Waals surface area contributed by atoms with Crippen LogP contribution >= 0.6 is 24.0 Å². The van der Waals surface area contributed by atoms with Gasteiger partial charge in [-0.25, -0.2) is 0 Å². The van der Waals surface area contributed by atoms with Crippen molar-refractivity contribution in [2.45, 2.75) is 19.5 Å². The normalized spacial score (nSPS) is 14.8. The second-order valence-electron chi connectivity index (χ2n) is 7.73. The number of amides is 2. The van der Waals surface area contributed by atoms with Crippen molar-refractivity contribution in [2.24, 2.45) is 0 Å². The fourth-order valence-electron chi connectivity index (χ4n) is 3.33. The fourth-order valence-corrected chi connectivity index (χ4v) is 4.64. The Morgan fingerprint density at radius 1 is 1.16 bits per heavy atom. The number of carbonyl (C=O) groups is 2. The molecule has 0 aliphatic carbocycles. The number of methoxy groups -OCH3 is 1. The van der Waals surface area contributed by atoms with Crippen LogP contribution in [0.3, 0.4) is 0 Å². The summed E-state index contributed by atoms with van der Waals surface area (Å²) < 4.78 is 55.4. The molecule has 1 heterocycles. The quantitative estimate of drug-likeness (QED) is 0.228. The first-order valence-electron chi connectivity index (χ1n) is 11.2. The number of hydrogen-bond acceptors (Lipinski definition) is 7. The molecule has 12 heteroatoms. The number of nitrogens with zero attached hydrogens (tertiary/aromatic N) is 1. The van der Waals surface area contributed by atoms with Gasteiger partial charge in [0.1, 0.15) is 4.32 Å². The van der Waals surface area contributed by atoms with Gasteiger partial charge in [-0.15, -0.1) is 0 Å². The number of rotatable bonds is 11. The summed E-state index contributed by atoms with van der Waals surface area (Å²) in [4.78, 5) is 27.0. The molecule has 0 saturated carbocycles. The van der Waals surface area contributed by atoms with Crippen LogP contribution < -0.4 is 14.8 Å². The molecular weight excluding hydrogens is 529 g/mol. The molecule has 1 aliphatic heterocycles. The van der Waals surface area contributed by atoms with E-state index in [9.17, 15) is 22.8 Å². The minimum atomic E-state index is -4.52. The lowest BCUT2D eigenvalue weighted by Crippen LogP contribution is -2.29. The molecule has 0 radical (unpaired) electrons. The number of nitrogens with one attached hydrogen (secondary N) is 1. The first-order chi connectivity index (χ1) is 17.6. The average Bonchev–Trinajstić information content (AvgIpc) is 3.11. The number of halogens is 3. The Balaban J connectivity index is 1.67. The van der Waals surface area contributed by atoms with Gasteiger partial charge in [0, 0.05) is 25.9 Å². The number of carbonyl (C=O) groups excluding carboxylic acids is 2. The molecule has 2 aromatic rings. The number of thiocarbonyl (C=S) groups is 1. The lowest BCUT2D eigenvalue weighted by Gasteiger charge is -2.14. The summed E-state index contributed by atoms with van der Waals surface area (Å²) in [5, 5.41) is 2.39. The first kappa shape index (κ1) is 28.5. The Labute approximate surface area is 221 Å². The summed E-state index contributed by atoms with van der Waals surface area (Å²) in [6.07, 6.45) is -2.16. The molecule has 0 bridgehead atoms. The number of thioether (sulfide) groups is 1. The summed E-state index contributed by atoms with van der Waals surface area (Å²) in [5.74, 6) is -0.206. The molecule has 1 N–H and O–H groups in total. The van der Waals surface area contributed by atoms with Crippen LogP contribution in [0, 0.1) is 0 Å². The summed E-state index contributed by atoms with van der Waals surface area (Å²) in [6.45, 7) is 2.64. The SMILES string of the molecule is CCOc1cc(/C=C2\SC(=S)N(CCCOC)C2=O)ccc1OCC(=O)Nc1cccc(C(F)(F)F)c1. The van der Waals surface area contributed by atoms with Crippen molar-refractivity contribution in [2.75, 3.05) is 38.8 Å². The van der Waals surface area contributed by atoms with Crippen molar-refractivity contribution >= 4 is 51.9 Å². The molecule has 0 spiro atoms. The summed E-state index contributed by atoms with van der Waals surface area (Å²) in [6, 6.07) is 9.28. The molecule has 37 heavy (non-hydrogen) atoms. The molecule has 2 aromatic carbocycles. The Bertz CT molecular complexity index is 1190. The Morgan fingerprint density at radius 3 is 2.65 bits per heavy atom. The number of alkyl halides is 3. The van der Waals surface area contributed by atoms with Gasteiger partial charge in [-0.1, -0.05) is 36.1 Å². The topological polar surface area (TPSA) is 77.1 Å². The summed E-state index contributed by atoms with van der Waals surface area (Å²) in [5.41, 5.74) is -0.197. The van der Waals surface area contributed by atoms with Crippen LogP contribution in [-0.2, 0) is 20.5 Å². The summed E-state index contributed by atoms with van der Waals surface area (Å²) in [7, 11) is 1.59. The van der Waals surface area contributed by atoms with Crippen LogP contribution in [0.2, 0.25) is 0 Å². The average molecular weight is 555 g/mol. The van der Waals surface area contributed by atoms with Gasteiger partial charge in [-0.05, 0) is 55.3 Å². The highest BCUT2D eigenvalue weighted by molar-refractivity contribution is 8.26. The van der Waals surface area contributed by atoms with Crippen molar-refractivity contribution < 1.29 is 37.0 Å². The highest BCUT2D eigenvalue weighted by atomic mass is 32.2. The van der Waals surface area contributed by atoms with E-state index in [1.807, 2.05) is 0 Å². The maximum atomic E-state index is 12.9. The van der Waals surface area contributed by atoms with Gasteiger partial charge in [0.2, 0.25) is 0 Å². The molecule has 7 nitrogen and oxygen atoms in total. The van der Waals surface area contributed by atoms with E-state index in [0.717, 1.165) is 12.1 Å². The molecule has 0 atom stereocenters. The van der Waals surface area contributed by atoms with Crippen molar-refractivity contribution in [3.63, 3.8) is 0 Å². The highest BCUT2D eigenvalue weighted by Gasteiger charge is 2.32. The number of ether oxygens (including phenoxy) is 3. The van der Waals surface area contributed by atoms with Crippen LogP contribution in [0.25, 0.3) is 6.08 Å². The van der Waals surface area contributed by atoms with Crippen molar-refractivity contribution in [3.8, 4) is 11.5 Å². The largest absolute Gasteiger partial charge is 0.490 e. The Kier molecular flexibility index (Phi) is 9.95. The number of hydrogen-bond donors (Lipinski definition) is 1. The lowest BCUT2D eigenvalue weighted by molar-refractivity contribution is -0.137. The number of benzene rings is 2. The predicted octanol–water partition coefficient (Wildman–Crippen LogP) is 5.36. The maximum Gasteiger partial charge on any atom is 0.416 e. The van der Waals surface area contributed by atoms with Gasteiger partial charge in [-0.3, -0.25) is 14.5 Å². The highest BCUT2D eigenvalue weighted by Crippen LogP contribution is 2.35. The van der Waals surface area contributed by atoms with E-state index in [4.69, 9.17) is 26.4 Å². The van der Waals surface area contributed by atoms with E-state index >= 15 is 0 Å². The molecule has 0 aromatic heterocycles. The Morgan fingerprint density at radius 2 is 1.95 bits per heavy atom. The molecule has 1 fully saturated rings. The zero-order valence-corrected chi connectivity index (χ0v) is 21.7. The van der Waals surface area contributed by atoms with Crippen LogP contribution in [-0.4, -0.2) is 54.5 Å². The van der Waals surface area contributed by atoms with E-state index < -0.39 is 24.3 Å². The van der Waals surface area contributed by atoms with Gasteiger partial charge in [0.25, 0.3) is 11.8 Å². The van der Waals surface area contributed by atoms with Crippen molar-refractivity contribution in [1.29, 1.82) is 0 Å². The zero-order valence-electron chi connectivity index (χ0n) is 20.1. The van der Waals surface area contributed by atoms with E-state index in [-0.39, 0.29) is 17.3 Å².